The molecule has 2 atom stereocenters. The lowest BCUT2D eigenvalue weighted by molar-refractivity contribution is -0.148. The van der Waals surface area contributed by atoms with Gasteiger partial charge in [-0.2, -0.15) is 0 Å². The number of methoxy groups -OCH3 is 1. The van der Waals surface area contributed by atoms with Crippen LogP contribution < -0.4 is 4.74 Å². The first-order valence-corrected chi connectivity index (χ1v) is 9.77. The van der Waals surface area contributed by atoms with Crippen molar-refractivity contribution in [3.63, 3.8) is 0 Å². The van der Waals surface area contributed by atoms with Crippen LogP contribution in [0.1, 0.15) is 44.6 Å². The van der Waals surface area contributed by atoms with Gasteiger partial charge in [0.1, 0.15) is 18.3 Å². The molecule has 150 valence electrons. The summed E-state index contributed by atoms with van der Waals surface area (Å²) >= 11 is 0. The molecule has 0 amide bonds. The number of carbonyl (C=O) groups is 2. The van der Waals surface area contributed by atoms with E-state index < -0.39 is 11.8 Å². The molecular weight excluding hydrogens is 358 g/mol. The normalized spacial score (nSPS) is 21.8. The van der Waals surface area contributed by atoms with Crippen LogP contribution in [-0.4, -0.2) is 44.4 Å². The molecule has 2 aliphatic rings. The van der Waals surface area contributed by atoms with Crippen molar-refractivity contribution in [3.8, 4) is 5.75 Å². The van der Waals surface area contributed by atoms with Crippen molar-refractivity contribution in [2.24, 2.45) is 10.9 Å². The van der Waals surface area contributed by atoms with Crippen molar-refractivity contribution in [1.29, 1.82) is 0 Å². The van der Waals surface area contributed by atoms with Crippen LogP contribution in [0.25, 0.3) is 0 Å². The van der Waals surface area contributed by atoms with Gasteiger partial charge in [0.2, 0.25) is 0 Å². The zero-order chi connectivity index (χ0) is 20.1. The van der Waals surface area contributed by atoms with E-state index in [1.54, 1.807) is 7.11 Å². The van der Waals surface area contributed by atoms with E-state index in [0.717, 1.165) is 24.1 Å². The van der Waals surface area contributed by atoms with Crippen molar-refractivity contribution in [2.75, 3.05) is 26.9 Å². The first-order valence-electron chi connectivity index (χ1n) is 9.77. The molecule has 0 saturated heterocycles. The SMILES string of the molecule is CCOCCOC(=O)C1C(C)=NC2=C(C(=O)CCC2)[C@@H]1c1ccccc1OC. The van der Waals surface area contributed by atoms with Gasteiger partial charge >= 0.3 is 5.97 Å². The number of benzene rings is 1. The highest BCUT2D eigenvalue weighted by Crippen LogP contribution is 2.45. The minimum Gasteiger partial charge on any atom is -0.496 e. The molecule has 1 unspecified atom stereocenters. The summed E-state index contributed by atoms with van der Waals surface area (Å²) in [6.07, 6.45) is 2.01. The van der Waals surface area contributed by atoms with Crippen molar-refractivity contribution < 1.29 is 23.8 Å². The minimum absolute atomic E-state index is 0.0560. The van der Waals surface area contributed by atoms with E-state index in [1.165, 1.54) is 0 Å². The molecule has 0 radical (unpaired) electrons. The Morgan fingerprint density at radius 2 is 2.00 bits per heavy atom. The molecule has 3 rings (SSSR count). The summed E-state index contributed by atoms with van der Waals surface area (Å²) in [5.74, 6) is -0.781. The molecule has 6 heteroatoms. The summed E-state index contributed by atoms with van der Waals surface area (Å²) in [5, 5.41) is 0. The van der Waals surface area contributed by atoms with Crippen LogP contribution in [0.4, 0.5) is 0 Å². The minimum atomic E-state index is -0.654. The van der Waals surface area contributed by atoms with Gasteiger partial charge in [0.25, 0.3) is 0 Å². The molecule has 0 spiro atoms. The van der Waals surface area contributed by atoms with E-state index in [-0.39, 0.29) is 18.4 Å². The second kappa shape index (κ2) is 9.15. The molecule has 1 aliphatic carbocycles. The Morgan fingerprint density at radius 3 is 2.75 bits per heavy atom. The summed E-state index contributed by atoms with van der Waals surface area (Å²) in [6, 6.07) is 7.53. The van der Waals surface area contributed by atoms with Crippen LogP contribution >= 0.6 is 0 Å². The second-order valence-corrected chi connectivity index (χ2v) is 6.95. The van der Waals surface area contributed by atoms with Crippen LogP contribution in [0.2, 0.25) is 0 Å². The highest BCUT2D eigenvalue weighted by atomic mass is 16.6. The number of carbonyl (C=O) groups excluding carboxylic acids is 2. The maximum absolute atomic E-state index is 13.0. The van der Waals surface area contributed by atoms with Crippen molar-refractivity contribution in [3.05, 3.63) is 41.1 Å². The van der Waals surface area contributed by atoms with E-state index >= 15 is 0 Å². The van der Waals surface area contributed by atoms with Crippen LogP contribution in [-0.2, 0) is 19.1 Å². The summed E-state index contributed by atoms with van der Waals surface area (Å²) in [5.41, 5.74) is 2.91. The fraction of sp³-hybridized carbons (Fsp3) is 0.500. The lowest BCUT2D eigenvalue weighted by Gasteiger charge is -2.35. The average molecular weight is 385 g/mol. The molecule has 0 N–H and O–H groups in total. The number of allylic oxidation sites excluding steroid dienone is 2. The fourth-order valence-corrected chi connectivity index (χ4v) is 4.01. The molecule has 1 aromatic carbocycles. The van der Waals surface area contributed by atoms with Gasteiger partial charge < -0.3 is 14.2 Å². The maximum atomic E-state index is 13.0. The standard InChI is InChI=1S/C22H27NO5/c1-4-27-12-13-28-22(25)19-14(2)23-16-9-7-10-17(24)21(16)20(19)15-8-5-6-11-18(15)26-3/h5-6,8,11,19-20H,4,7,9-10,12-13H2,1-3H3/t19?,20-/m1/s1. The average Bonchev–Trinajstić information content (AvgIpc) is 2.70. The van der Waals surface area contributed by atoms with Crippen molar-refractivity contribution in [2.45, 2.75) is 39.0 Å². The Balaban J connectivity index is 2.02. The Morgan fingerprint density at radius 1 is 1.21 bits per heavy atom. The van der Waals surface area contributed by atoms with Crippen LogP contribution in [0, 0.1) is 5.92 Å². The smallest absolute Gasteiger partial charge is 0.315 e. The van der Waals surface area contributed by atoms with Crippen LogP contribution in [0.15, 0.2) is 40.5 Å². The summed E-state index contributed by atoms with van der Waals surface area (Å²) in [6.45, 7) is 4.81. The summed E-state index contributed by atoms with van der Waals surface area (Å²) < 4.78 is 16.3. The predicted molar refractivity (Wildman–Crippen MR) is 106 cm³/mol. The third-order valence-corrected chi connectivity index (χ3v) is 5.24. The molecular formula is C22H27NO5. The molecule has 0 aromatic heterocycles. The quantitative estimate of drug-likeness (QED) is 0.531. The van der Waals surface area contributed by atoms with Gasteiger partial charge in [0, 0.05) is 41.5 Å². The highest BCUT2D eigenvalue weighted by Gasteiger charge is 2.44. The molecule has 0 saturated carbocycles. The molecule has 0 fully saturated rings. The monoisotopic (exact) mass is 385 g/mol. The molecule has 28 heavy (non-hydrogen) atoms. The number of aliphatic imine (C=N–C) groups is 1. The molecule has 1 aromatic rings. The lowest BCUT2D eigenvalue weighted by atomic mass is 9.71. The lowest BCUT2D eigenvalue weighted by Crippen LogP contribution is -2.37. The first kappa shape index (κ1) is 20.3. The zero-order valence-electron chi connectivity index (χ0n) is 16.7. The van der Waals surface area contributed by atoms with Gasteiger partial charge in [-0.05, 0) is 32.8 Å². The van der Waals surface area contributed by atoms with Gasteiger partial charge in [-0.15, -0.1) is 0 Å². The Labute approximate surface area is 165 Å². The van der Waals surface area contributed by atoms with E-state index in [1.807, 2.05) is 38.1 Å². The molecule has 0 bridgehead atoms. The molecule has 6 nitrogen and oxygen atoms in total. The Bertz CT molecular complexity index is 811. The fourth-order valence-electron chi connectivity index (χ4n) is 4.01. The number of hydrogen-bond donors (Lipinski definition) is 0. The number of rotatable bonds is 7. The largest absolute Gasteiger partial charge is 0.496 e. The van der Waals surface area contributed by atoms with Gasteiger partial charge in [0.05, 0.1) is 13.7 Å². The van der Waals surface area contributed by atoms with Crippen molar-refractivity contribution >= 4 is 17.5 Å². The topological polar surface area (TPSA) is 74.2 Å². The van der Waals surface area contributed by atoms with E-state index in [2.05, 4.69) is 4.99 Å². The Hall–Kier alpha value is -2.47. The maximum Gasteiger partial charge on any atom is 0.315 e. The number of nitrogens with zero attached hydrogens (tertiary/aromatic N) is 1. The van der Waals surface area contributed by atoms with Gasteiger partial charge in [-0.25, -0.2) is 0 Å². The first-order chi connectivity index (χ1) is 13.6. The van der Waals surface area contributed by atoms with Crippen LogP contribution in [0.3, 0.4) is 0 Å². The number of ether oxygens (including phenoxy) is 3. The summed E-state index contributed by atoms with van der Waals surface area (Å²) in [7, 11) is 1.59. The number of para-hydroxylation sites is 1. The number of hydrogen-bond acceptors (Lipinski definition) is 6. The molecule has 1 aliphatic heterocycles. The van der Waals surface area contributed by atoms with Crippen LogP contribution in [0.5, 0.6) is 5.75 Å². The van der Waals surface area contributed by atoms with Crippen molar-refractivity contribution in [1.82, 2.24) is 0 Å². The zero-order valence-corrected chi connectivity index (χ0v) is 16.7. The Kier molecular flexibility index (Phi) is 6.62. The van der Waals surface area contributed by atoms with Gasteiger partial charge in [-0.3, -0.25) is 14.6 Å². The molecule has 1 heterocycles. The summed E-state index contributed by atoms with van der Waals surface area (Å²) in [4.78, 5) is 30.5. The van der Waals surface area contributed by atoms with E-state index in [4.69, 9.17) is 14.2 Å². The predicted octanol–water partition coefficient (Wildman–Crippen LogP) is 3.46. The number of ketones is 1. The van der Waals surface area contributed by atoms with E-state index in [0.29, 0.717) is 36.7 Å². The highest BCUT2D eigenvalue weighted by molar-refractivity contribution is 6.09. The van der Waals surface area contributed by atoms with Gasteiger partial charge in [0.15, 0.2) is 5.78 Å². The number of Topliss-reactive ketones (excluding diaryl/α,β-unsaturated/α-hetero) is 1. The number of esters is 1. The third-order valence-electron chi connectivity index (χ3n) is 5.24. The third kappa shape index (κ3) is 4.02. The second-order valence-electron chi connectivity index (χ2n) is 6.95. The van der Waals surface area contributed by atoms with E-state index in [9.17, 15) is 9.59 Å². The van der Waals surface area contributed by atoms with Gasteiger partial charge in [-0.1, -0.05) is 18.2 Å².